The van der Waals surface area contributed by atoms with Crippen LogP contribution in [-0.4, -0.2) is 34.6 Å². The zero-order valence-electron chi connectivity index (χ0n) is 18.9. The molecule has 31 heavy (non-hydrogen) atoms. The van der Waals surface area contributed by atoms with Crippen LogP contribution in [0.3, 0.4) is 0 Å². The summed E-state index contributed by atoms with van der Waals surface area (Å²) in [6.07, 6.45) is 1.38. The molecule has 2 rings (SSSR count). The molecule has 4 nitrogen and oxygen atoms in total. The van der Waals surface area contributed by atoms with E-state index in [2.05, 4.69) is 5.32 Å². The van der Waals surface area contributed by atoms with Gasteiger partial charge in [0.2, 0.25) is 11.8 Å². The molecule has 6 heteroatoms. The average Bonchev–Trinajstić information content (AvgIpc) is 2.76. The van der Waals surface area contributed by atoms with Crippen LogP contribution in [0.4, 0.5) is 4.39 Å². The minimum Gasteiger partial charge on any atom is -0.352 e. The third-order valence-corrected chi connectivity index (χ3v) is 6.38. The standard InChI is InChI=1S/C25H33FN2O2S/c1-5-19(4)27-25(30)23(6-2)28(15-21-10-8-7-9-18(21)3)24(29)17-31-16-20-11-13-22(26)14-12-20/h7-14,19,23H,5-6,15-17H2,1-4H3,(H,27,30)/t19-,23-/m0/s1. The van der Waals surface area contributed by atoms with Gasteiger partial charge in [0.05, 0.1) is 5.75 Å². The number of halogens is 1. The number of hydrogen-bond acceptors (Lipinski definition) is 3. The van der Waals surface area contributed by atoms with Crippen LogP contribution in [0.2, 0.25) is 0 Å². The van der Waals surface area contributed by atoms with E-state index in [4.69, 9.17) is 0 Å². The maximum atomic E-state index is 13.2. The first-order valence-electron chi connectivity index (χ1n) is 10.8. The Labute approximate surface area is 189 Å². The number of nitrogens with one attached hydrogen (secondary N) is 1. The van der Waals surface area contributed by atoms with Crippen LogP contribution >= 0.6 is 11.8 Å². The van der Waals surface area contributed by atoms with Crippen molar-refractivity contribution in [3.05, 3.63) is 71.0 Å². The van der Waals surface area contributed by atoms with Gasteiger partial charge >= 0.3 is 0 Å². The molecule has 0 saturated heterocycles. The molecule has 0 heterocycles. The maximum absolute atomic E-state index is 13.2. The number of aryl methyl sites for hydroxylation is 1. The molecule has 2 atom stereocenters. The first-order chi connectivity index (χ1) is 14.8. The number of thioether (sulfide) groups is 1. The van der Waals surface area contributed by atoms with Crippen LogP contribution in [0.5, 0.6) is 0 Å². The Morgan fingerprint density at radius 3 is 2.35 bits per heavy atom. The highest BCUT2D eigenvalue weighted by atomic mass is 32.2. The molecule has 0 saturated carbocycles. The highest BCUT2D eigenvalue weighted by Crippen LogP contribution is 2.19. The fourth-order valence-electron chi connectivity index (χ4n) is 3.25. The fraction of sp³-hybridized carbons (Fsp3) is 0.440. The number of carbonyl (C=O) groups excluding carboxylic acids is 2. The Balaban J connectivity index is 2.14. The summed E-state index contributed by atoms with van der Waals surface area (Å²) >= 11 is 1.48. The Bertz CT molecular complexity index is 857. The number of benzene rings is 2. The van der Waals surface area contributed by atoms with Gasteiger partial charge in [0.15, 0.2) is 0 Å². The van der Waals surface area contributed by atoms with Gasteiger partial charge in [-0.3, -0.25) is 9.59 Å². The maximum Gasteiger partial charge on any atom is 0.243 e. The van der Waals surface area contributed by atoms with Gasteiger partial charge in [-0.1, -0.05) is 50.2 Å². The quantitative estimate of drug-likeness (QED) is 0.525. The third kappa shape index (κ3) is 7.69. The molecule has 0 fully saturated rings. The molecule has 0 unspecified atom stereocenters. The van der Waals surface area contributed by atoms with E-state index in [1.54, 1.807) is 17.0 Å². The zero-order chi connectivity index (χ0) is 22.8. The summed E-state index contributed by atoms with van der Waals surface area (Å²) in [4.78, 5) is 27.9. The Morgan fingerprint density at radius 1 is 1.06 bits per heavy atom. The van der Waals surface area contributed by atoms with Crippen molar-refractivity contribution in [2.45, 2.75) is 64.9 Å². The van der Waals surface area contributed by atoms with E-state index < -0.39 is 6.04 Å². The second kappa shape index (κ2) is 12.5. The van der Waals surface area contributed by atoms with Crippen molar-refractivity contribution in [1.29, 1.82) is 0 Å². The van der Waals surface area contributed by atoms with Crippen LogP contribution in [0.1, 0.15) is 50.3 Å². The molecule has 0 aliphatic heterocycles. The van der Waals surface area contributed by atoms with E-state index in [-0.39, 0.29) is 29.4 Å². The van der Waals surface area contributed by atoms with Gasteiger partial charge in [0.25, 0.3) is 0 Å². The molecule has 0 bridgehead atoms. The number of amides is 2. The van der Waals surface area contributed by atoms with Gasteiger partial charge in [-0.25, -0.2) is 4.39 Å². The molecule has 0 aliphatic rings. The van der Waals surface area contributed by atoms with Gasteiger partial charge in [-0.15, -0.1) is 11.8 Å². The first kappa shape index (κ1) is 24.9. The number of hydrogen-bond donors (Lipinski definition) is 1. The molecule has 0 aliphatic carbocycles. The van der Waals surface area contributed by atoms with Crippen LogP contribution in [0, 0.1) is 12.7 Å². The monoisotopic (exact) mass is 444 g/mol. The van der Waals surface area contributed by atoms with Crippen molar-refractivity contribution < 1.29 is 14.0 Å². The van der Waals surface area contributed by atoms with Crippen LogP contribution in [-0.2, 0) is 21.9 Å². The lowest BCUT2D eigenvalue weighted by Gasteiger charge is -2.32. The lowest BCUT2D eigenvalue weighted by Crippen LogP contribution is -2.51. The summed E-state index contributed by atoms with van der Waals surface area (Å²) in [5.41, 5.74) is 3.09. The number of carbonyl (C=O) groups is 2. The smallest absolute Gasteiger partial charge is 0.243 e. The predicted octanol–water partition coefficient (Wildman–Crippen LogP) is 5.09. The van der Waals surface area contributed by atoms with Gasteiger partial charge in [-0.05, 0) is 55.5 Å². The van der Waals surface area contributed by atoms with E-state index in [1.807, 2.05) is 52.0 Å². The second-order valence-electron chi connectivity index (χ2n) is 7.81. The molecule has 168 valence electrons. The summed E-state index contributed by atoms with van der Waals surface area (Å²) in [5.74, 6) is 0.423. The molecular formula is C25H33FN2O2S. The van der Waals surface area contributed by atoms with Gasteiger partial charge in [-0.2, -0.15) is 0 Å². The predicted molar refractivity (Wildman–Crippen MR) is 126 cm³/mol. The Hall–Kier alpha value is -2.34. The normalized spacial score (nSPS) is 12.8. The van der Waals surface area contributed by atoms with E-state index in [0.717, 1.165) is 23.1 Å². The SMILES string of the molecule is CC[C@H](C)NC(=O)[C@H](CC)N(Cc1ccccc1C)C(=O)CSCc1ccc(F)cc1. The molecule has 2 amide bonds. The summed E-state index contributed by atoms with van der Waals surface area (Å²) in [5, 5.41) is 3.03. The van der Waals surface area contributed by atoms with Crippen molar-refractivity contribution >= 4 is 23.6 Å². The zero-order valence-corrected chi connectivity index (χ0v) is 19.7. The second-order valence-corrected chi connectivity index (χ2v) is 8.79. The molecule has 1 N–H and O–H groups in total. The highest BCUT2D eigenvalue weighted by Gasteiger charge is 2.29. The van der Waals surface area contributed by atoms with E-state index >= 15 is 0 Å². The van der Waals surface area contributed by atoms with Crippen LogP contribution < -0.4 is 5.32 Å². The van der Waals surface area contributed by atoms with Gasteiger partial charge in [0.1, 0.15) is 11.9 Å². The van der Waals surface area contributed by atoms with Gasteiger partial charge in [0, 0.05) is 18.3 Å². The number of nitrogens with zero attached hydrogens (tertiary/aromatic N) is 1. The minimum atomic E-state index is -0.521. The van der Waals surface area contributed by atoms with Crippen LogP contribution in [0.25, 0.3) is 0 Å². The van der Waals surface area contributed by atoms with Crippen molar-refractivity contribution in [1.82, 2.24) is 10.2 Å². The fourth-order valence-corrected chi connectivity index (χ4v) is 4.12. The highest BCUT2D eigenvalue weighted by molar-refractivity contribution is 7.99. The van der Waals surface area contributed by atoms with Crippen molar-refractivity contribution in [3.8, 4) is 0 Å². The Kier molecular flexibility index (Phi) is 10.0. The van der Waals surface area contributed by atoms with Crippen molar-refractivity contribution in [3.63, 3.8) is 0 Å². The average molecular weight is 445 g/mol. The van der Waals surface area contributed by atoms with Gasteiger partial charge < -0.3 is 10.2 Å². The molecule has 2 aromatic carbocycles. The molecule has 2 aromatic rings. The Morgan fingerprint density at radius 2 is 1.74 bits per heavy atom. The van der Waals surface area contributed by atoms with Crippen LogP contribution in [0.15, 0.2) is 48.5 Å². The molecule has 0 aromatic heterocycles. The topological polar surface area (TPSA) is 49.4 Å². The molecule has 0 radical (unpaired) electrons. The minimum absolute atomic E-state index is 0.0600. The molecule has 0 spiro atoms. The molecular weight excluding hydrogens is 411 g/mol. The van der Waals surface area contributed by atoms with Crippen molar-refractivity contribution in [2.75, 3.05) is 5.75 Å². The number of rotatable bonds is 11. The lowest BCUT2D eigenvalue weighted by molar-refractivity contribution is -0.139. The summed E-state index contributed by atoms with van der Waals surface area (Å²) < 4.78 is 13.1. The summed E-state index contributed by atoms with van der Waals surface area (Å²) in [6, 6.07) is 13.8. The third-order valence-electron chi connectivity index (χ3n) is 5.40. The largest absolute Gasteiger partial charge is 0.352 e. The summed E-state index contributed by atoms with van der Waals surface area (Å²) in [7, 11) is 0. The van der Waals surface area contributed by atoms with E-state index in [0.29, 0.717) is 18.7 Å². The first-order valence-corrected chi connectivity index (χ1v) is 12.0. The van der Waals surface area contributed by atoms with E-state index in [1.165, 1.54) is 23.9 Å². The lowest BCUT2D eigenvalue weighted by atomic mass is 10.1. The van der Waals surface area contributed by atoms with Crippen molar-refractivity contribution in [2.24, 2.45) is 0 Å². The van der Waals surface area contributed by atoms with E-state index in [9.17, 15) is 14.0 Å². The summed E-state index contributed by atoms with van der Waals surface area (Å²) in [6.45, 7) is 8.34.